The van der Waals surface area contributed by atoms with Crippen LogP contribution in [-0.2, 0) is 33.4 Å². The van der Waals surface area contributed by atoms with Gasteiger partial charge in [-0.1, -0.05) is 45.3 Å². The fraction of sp³-hybridized carbons (Fsp3) is 0.706. The highest BCUT2D eigenvalue weighted by molar-refractivity contribution is 6.38. The molecule has 1 heterocycles. The summed E-state index contributed by atoms with van der Waals surface area (Å²) in [7, 11) is 0. The molecule has 3 rings (SSSR count). The Morgan fingerprint density at radius 3 is 2.33 bits per heavy atom. The molecule has 0 radical (unpaired) electrons. The lowest BCUT2D eigenvalue weighted by Crippen LogP contribution is -2.59. The van der Waals surface area contributed by atoms with E-state index in [1.165, 1.54) is 6.08 Å². The minimum Gasteiger partial charge on any atom is -0.463 e. The fourth-order valence-electron chi connectivity index (χ4n) is 6.83. The number of hydrogen-bond donors (Lipinski definition) is 3. The molecule has 0 spiro atoms. The van der Waals surface area contributed by atoms with Gasteiger partial charge in [0.25, 0.3) is 5.91 Å². The second kappa shape index (κ2) is 15.7. The van der Waals surface area contributed by atoms with Gasteiger partial charge in [0.15, 0.2) is 0 Å². The third-order valence-electron chi connectivity index (χ3n) is 9.26. The Balaban J connectivity index is 1.79. The molecule has 1 saturated heterocycles. The van der Waals surface area contributed by atoms with E-state index in [2.05, 4.69) is 36.4 Å². The largest absolute Gasteiger partial charge is 0.463 e. The van der Waals surface area contributed by atoms with Crippen LogP contribution in [0.5, 0.6) is 0 Å². The lowest BCUT2D eigenvalue weighted by atomic mass is 9.83. The first-order valence-corrected chi connectivity index (χ1v) is 16.5. The molecule has 46 heavy (non-hydrogen) atoms. The number of nitrogens with one attached hydrogen (secondary N) is 3. The van der Waals surface area contributed by atoms with Crippen molar-refractivity contribution in [1.82, 2.24) is 20.9 Å². The molecule has 1 aliphatic heterocycles. The Labute approximate surface area is 272 Å². The molecule has 0 aromatic heterocycles. The molecule has 0 bridgehead atoms. The quantitative estimate of drug-likeness (QED) is 0.113. The lowest BCUT2D eigenvalue weighted by molar-refractivity contribution is -0.145. The summed E-state index contributed by atoms with van der Waals surface area (Å²) in [6.45, 7) is 15.2. The van der Waals surface area contributed by atoms with Gasteiger partial charge in [0, 0.05) is 19.2 Å². The van der Waals surface area contributed by atoms with Crippen LogP contribution in [0.4, 0.5) is 4.79 Å². The van der Waals surface area contributed by atoms with E-state index < -0.39 is 53.4 Å². The minimum atomic E-state index is -1.15. The second-order valence-electron chi connectivity index (χ2n) is 14.1. The van der Waals surface area contributed by atoms with E-state index in [9.17, 15) is 28.8 Å². The molecule has 4 amide bonds. The standard InChI is InChI=1S/C34H52N4O8/c1-8-10-17-23(28(40)30(42)35-19-14-18-24(39)45-9-2)36-29(41)27-25-22(34(25,6)7)20-38(27)31(43)26(21-15-12-11-13-16-21)37-32(44)46-33(3,4)5/h8,14,18,21-23,25-27H,1,9-13,15-17,19-20H2,2-7H3,(H,35,42)(H,36,41)(H,37,44)/t22-,23?,25-,26-,27-/m0/s1. The van der Waals surface area contributed by atoms with Crippen molar-refractivity contribution in [2.45, 2.75) is 110 Å². The van der Waals surface area contributed by atoms with Crippen molar-refractivity contribution in [2.75, 3.05) is 19.7 Å². The van der Waals surface area contributed by atoms with Gasteiger partial charge < -0.3 is 30.3 Å². The average molecular weight is 645 g/mol. The Bertz CT molecular complexity index is 1200. The van der Waals surface area contributed by atoms with Gasteiger partial charge in [0.2, 0.25) is 17.6 Å². The van der Waals surface area contributed by atoms with Gasteiger partial charge >= 0.3 is 12.1 Å². The van der Waals surface area contributed by atoms with Crippen LogP contribution < -0.4 is 16.0 Å². The molecule has 3 fully saturated rings. The fourth-order valence-corrected chi connectivity index (χ4v) is 6.83. The number of likely N-dealkylation sites (tertiary alicyclic amines) is 1. The highest BCUT2D eigenvalue weighted by Crippen LogP contribution is 2.65. The minimum absolute atomic E-state index is 0.0811. The number of allylic oxidation sites excluding steroid dienone is 1. The van der Waals surface area contributed by atoms with Gasteiger partial charge in [-0.15, -0.1) is 6.58 Å². The SMILES string of the molecule is C=CCCC(NC(=O)[C@@H]1[C@@H]2[C@H](CN1C(=O)[C@@H](NC(=O)OC(C)(C)C)C1CCCCC1)C2(C)C)C(=O)C(=O)NCC=CC(=O)OCC. The predicted molar refractivity (Wildman–Crippen MR) is 171 cm³/mol. The van der Waals surface area contributed by atoms with Crippen LogP contribution in [0.3, 0.4) is 0 Å². The van der Waals surface area contributed by atoms with E-state index in [1.807, 2.05) is 0 Å². The number of rotatable bonds is 14. The molecule has 12 nitrogen and oxygen atoms in total. The normalized spacial score (nSPS) is 23.4. The van der Waals surface area contributed by atoms with Crippen LogP contribution in [0.15, 0.2) is 24.8 Å². The van der Waals surface area contributed by atoms with E-state index in [1.54, 1.807) is 38.7 Å². The topological polar surface area (TPSA) is 160 Å². The number of carbonyl (C=O) groups excluding carboxylic acids is 6. The maximum atomic E-state index is 14.3. The van der Waals surface area contributed by atoms with Crippen molar-refractivity contribution in [3.8, 4) is 0 Å². The van der Waals surface area contributed by atoms with Crippen LogP contribution in [0.25, 0.3) is 0 Å². The predicted octanol–water partition coefficient (Wildman–Crippen LogP) is 3.20. The van der Waals surface area contributed by atoms with E-state index in [-0.39, 0.29) is 48.6 Å². The maximum Gasteiger partial charge on any atom is 0.408 e. The Hall–Kier alpha value is -3.70. The number of fused-ring (bicyclic) bond motifs is 1. The van der Waals surface area contributed by atoms with Crippen molar-refractivity contribution in [3.63, 3.8) is 0 Å². The summed E-state index contributed by atoms with van der Waals surface area (Å²) in [6.07, 6.45) is 8.44. The molecule has 12 heteroatoms. The highest BCUT2D eigenvalue weighted by atomic mass is 16.6. The number of Topliss-reactive ketones (excluding diaryl/α,β-unsaturated/α-hetero) is 1. The Kier molecular flexibility index (Phi) is 12.6. The number of piperidine rings is 1. The van der Waals surface area contributed by atoms with E-state index in [0.29, 0.717) is 13.0 Å². The molecule has 3 N–H and O–H groups in total. The zero-order valence-corrected chi connectivity index (χ0v) is 28.2. The maximum absolute atomic E-state index is 14.3. The molecule has 3 aliphatic rings. The number of carbonyl (C=O) groups is 6. The van der Waals surface area contributed by atoms with Crippen LogP contribution in [-0.4, -0.2) is 83.9 Å². The van der Waals surface area contributed by atoms with Crippen LogP contribution >= 0.6 is 0 Å². The summed E-state index contributed by atoms with van der Waals surface area (Å²) in [5.41, 5.74) is -0.941. The molecule has 5 atom stereocenters. The number of ether oxygens (including phenoxy) is 2. The smallest absolute Gasteiger partial charge is 0.408 e. The van der Waals surface area contributed by atoms with Crippen molar-refractivity contribution < 1.29 is 38.2 Å². The Morgan fingerprint density at radius 1 is 1.04 bits per heavy atom. The molecule has 2 aliphatic carbocycles. The van der Waals surface area contributed by atoms with Gasteiger partial charge in [0.1, 0.15) is 17.7 Å². The number of hydrogen-bond acceptors (Lipinski definition) is 8. The van der Waals surface area contributed by atoms with E-state index in [4.69, 9.17) is 9.47 Å². The molecule has 0 aromatic rings. The second-order valence-corrected chi connectivity index (χ2v) is 14.1. The third kappa shape index (κ3) is 9.42. The summed E-state index contributed by atoms with van der Waals surface area (Å²) in [5.74, 6) is -3.31. The number of amides is 4. The highest BCUT2D eigenvalue weighted by Gasteiger charge is 2.69. The first kappa shape index (κ1) is 36.8. The van der Waals surface area contributed by atoms with Gasteiger partial charge in [-0.05, 0) is 76.5 Å². The number of ketones is 1. The van der Waals surface area contributed by atoms with Crippen LogP contribution in [0.1, 0.15) is 86.5 Å². The van der Waals surface area contributed by atoms with E-state index >= 15 is 0 Å². The van der Waals surface area contributed by atoms with Crippen molar-refractivity contribution >= 4 is 35.6 Å². The summed E-state index contributed by atoms with van der Waals surface area (Å²) < 4.78 is 10.3. The monoisotopic (exact) mass is 644 g/mol. The zero-order chi connectivity index (χ0) is 34.2. The molecular formula is C34H52N4O8. The first-order chi connectivity index (χ1) is 21.6. The molecule has 0 aromatic carbocycles. The van der Waals surface area contributed by atoms with Crippen molar-refractivity contribution in [2.24, 2.45) is 23.2 Å². The van der Waals surface area contributed by atoms with Crippen LogP contribution in [0, 0.1) is 23.2 Å². The summed E-state index contributed by atoms with van der Waals surface area (Å²) >= 11 is 0. The molecule has 256 valence electrons. The molecular weight excluding hydrogens is 592 g/mol. The van der Waals surface area contributed by atoms with Crippen LogP contribution in [0.2, 0.25) is 0 Å². The number of esters is 1. The third-order valence-corrected chi connectivity index (χ3v) is 9.26. The van der Waals surface area contributed by atoms with Crippen molar-refractivity contribution in [3.05, 3.63) is 24.8 Å². The summed E-state index contributed by atoms with van der Waals surface area (Å²) in [5, 5.41) is 8.05. The first-order valence-electron chi connectivity index (χ1n) is 16.5. The number of alkyl carbamates (subject to hydrolysis) is 1. The average Bonchev–Trinajstić information content (AvgIpc) is 3.30. The van der Waals surface area contributed by atoms with Gasteiger partial charge in [-0.2, -0.15) is 0 Å². The Morgan fingerprint density at radius 2 is 1.72 bits per heavy atom. The molecule has 1 unspecified atom stereocenters. The van der Waals surface area contributed by atoms with Crippen molar-refractivity contribution in [1.29, 1.82) is 0 Å². The van der Waals surface area contributed by atoms with Gasteiger partial charge in [0.05, 0.1) is 12.6 Å². The summed E-state index contributed by atoms with van der Waals surface area (Å²) in [6, 6.07) is -2.86. The van der Waals surface area contributed by atoms with Gasteiger partial charge in [-0.25, -0.2) is 9.59 Å². The number of nitrogens with zero attached hydrogens (tertiary/aromatic N) is 1. The van der Waals surface area contributed by atoms with Gasteiger partial charge in [-0.3, -0.25) is 19.2 Å². The molecule has 2 saturated carbocycles. The zero-order valence-electron chi connectivity index (χ0n) is 28.2. The lowest BCUT2D eigenvalue weighted by Gasteiger charge is -2.37. The summed E-state index contributed by atoms with van der Waals surface area (Å²) in [4.78, 5) is 80.1. The van der Waals surface area contributed by atoms with E-state index in [0.717, 1.165) is 38.2 Å².